The third-order valence-corrected chi connectivity index (χ3v) is 7.78. The van der Waals surface area contributed by atoms with Gasteiger partial charge in [-0.3, -0.25) is 24.2 Å². The maximum Gasteiger partial charge on any atom is 0.328 e. The van der Waals surface area contributed by atoms with E-state index in [0.29, 0.717) is 13.0 Å². The van der Waals surface area contributed by atoms with Gasteiger partial charge in [0.2, 0.25) is 17.7 Å². The molecule has 2 aromatic carbocycles. The Labute approximate surface area is 262 Å². The van der Waals surface area contributed by atoms with E-state index in [1.54, 1.807) is 0 Å². The average Bonchev–Trinajstić information content (AvgIpc) is 3.04. The Bertz CT molecular complexity index is 1510. The number of nitrogens with zero attached hydrogens (tertiary/aromatic N) is 2. The van der Waals surface area contributed by atoms with E-state index < -0.39 is 47.7 Å². The van der Waals surface area contributed by atoms with Crippen molar-refractivity contribution in [1.29, 1.82) is 0 Å². The Morgan fingerprint density at radius 3 is 2.40 bits per heavy atom. The summed E-state index contributed by atoms with van der Waals surface area (Å²) in [6.45, 7) is 4.38. The SMILES string of the molecule is COC(=O)[C@H](C[C@@H]1CCCNC1=O)NC(=O)[C@H](CC(C)C)NC(=O)[C@H](Cc1cccc2ccccc12)NC(=O)c1cnccn1. The van der Waals surface area contributed by atoms with Gasteiger partial charge in [0.15, 0.2) is 0 Å². The molecule has 4 rings (SSSR count). The summed E-state index contributed by atoms with van der Waals surface area (Å²) in [5.74, 6) is -3.08. The van der Waals surface area contributed by atoms with E-state index in [1.807, 2.05) is 56.3 Å². The summed E-state index contributed by atoms with van der Waals surface area (Å²) < 4.78 is 4.93. The van der Waals surface area contributed by atoms with Gasteiger partial charge in [-0.25, -0.2) is 9.78 Å². The van der Waals surface area contributed by atoms with Crippen LogP contribution in [0.5, 0.6) is 0 Å². The minimum Gasteiger partial charge on any atom is -0.467 e. The fourth-order valence-electron chi connectivity index (χ4n) is 5.50. The quantitative estimate of drug-likeness (QED) is 0.212. The molecule has 4 N–H and O–H groups in total. The lowest BCUT2D eigenvalue weighted by Gasteiger charge is -2.28. The van der Waals surface area contributed by atoms with E-state index >= 15 is 0 Å². The molecule has 1 aliphatic heterocycles. The number of methoxy groups -OCH3 is 1. The van der Waals surface area contributed by atoms with E-state index in [-0.39, 0.29) is 36.8 Å². The summed E-state index contributed by atoms with van der Waals surface area (Å²) in [6, 6.07) is 10.3. The second kappa shape index (κ2) is 15.7. The number of aromatic nitrogens is 2. The van der Waals surface area contributed by atoms with Crippen molar-refractivity contribution in [3.05, 3.63) is 72.3 Å². The maximum absolute atomic E-state index is 13.9. The summed E-state index contributed by atoms with van der Waals surface area (Å²) in [5.41, 5.74) is 0.867. The van der Waals surface area contributed by atoms with Gasteiger partial charge in [-0.05, 0) is 47.9 Å². The Morgan fingerprint density at radius 2 is 1.69 bits per heavy atom. The van der Waals surface area contributed by atoms with Gasteiger partial charge in [0.05, 0.1) is 13.3 Å². The van der Waals surface area contributed by atoms with E-state index in [2.05, 4.69) is 31.2 Å². The van der Waals surface area contributed by atoms with E-state index in [9.17, 15) is 24.0 Å². The minimum absolute atomic E-state index is 0.00699. The first-order chi connectivity index (χ1) is 21.7. The Hall–Kier alpha value is -4.87. The number of hydrogen-bond donors (Lipinski definition) is 4. The van der Waals surface area contributed by atoms with Crippen LogP contribution in [-0.2, 0) is 30.3 Å². The molecule has 4 atom stereocenters. The topological polar surface area (TPSA) is 168 Å². The lowest BCUT2D eigenvalue weighted by molar-refractivity contribution is -0.146. The van der Waals surface area contributed by atoms with Gasteiger partial charge in [0.25, 0.3) is 5.91 Å². The zero-order valence-corrected chi connectivity index (χ0v) is 25.7. The number of piperidine rings is 1. The van der Waals surface area contributed by atoms with Gasteiger partial charge in [0.1, 0.15) is 23.8 Å². The fourth-order valence-corrected chi connectivity index (χ4v) is 5.50. The molecule has 0 bridgehead atoms. The molecule has 238 valence electrons. The first kappa shape index (κ1) is 33.0. The number of carbonyl (C=O) groups excluding carboxylic acids is 5. The zero-order valence-electron chi connectivity index (χ0n) is 25.7. The summed E-state index contributed by atoms with van der Waals surface area (Å²) in [4.78, 5) is 73.7. The third kappa shape index (κ3) is 9.07. The number of carbonyl (C=O) groups is 5. The Morgan fingerprint density at radius 1 is 0.956 bits per heavy atom. The fraction of sp³-hybridized carbons (Fsp3) is 0.424. The lowest BCUT2D eigenvalue weighted by Crippen LogP contribution is -2.57. The highest BCUT2D eigenvalue weighted by Crippen LogP contribution is 2.21. The monoisotopic (exact) mass is 616 g/mol. The largest absolute Gasteiger partial charge is 0.467 e. The number of fused-ring (bicyclic) bond motifs is 1. The van der Waals surface area contributed by atoms with Crippen molar-refractivity contribution in [3.8, 4) is 0 Å². The van der Waals surface area contributed by atoms with Crippen molar-refractivity contribution in [2.24, 2.45) is 11.8 Å². The number of hydrogen-bond acceptors (Lipinski definition) is 8. The second-order valence-electron chi connectivity index (χ2n) is 11.6. The van der Waals surface area contributed by atoms with Crippen LogP contribution in [-0.4, -0.2) is 71.3 Å². The predicted molar refractivity (Wildman–Crippen MR) is 167 cm³/mol. The van der Waals surface area contributed by atoms with Crippen molar-refractivity contribution in [1.82, 2.24) is 31.2 Å². The van der Waals surface area contributed by atoms with Crippen molar-refractivity contribution in [2.75, 3.05) is 13.7 Å². The number of nitrogens with one attached hydrogen (secondary N) is 4. The van der Waals surface area contributed by atoms with Crippen LogP contribution in [0.25, 0.3) is 10.8 Å². The van der Waals surface area contributed by atoms with Crippen LogP contribution in [0.2, 0.25) is 0 Å². The van der Waals surface area contributed by atoms with Crippen LogP contribution < -0.4 is 21.3 Å². The number of amides is 4. The number of rotatable bonds is 13. The second-order valence-corrected chi connectivity index (χ2v) is 11.6. The zero-order chi connectivity index (χ0) is 32.3. The molecule has 0 saturated carbocycles. The van der Waals surface area contributed by atoms with Gasteiger partial charge in [-0.15, -0.1) is 0 Å². The standard InChI is InChI=1S/C33H40N6O6/c1-20(2)16-25(30(41)39-27(33(44)45-3)18-23-11-7-13-36-29(23)40)37-31(42)26(38-32(43)28-19-34-14-15-35-28)17-22-10-6-9-21-8-4-5-12-24(21)22/h4-6,8-10,12,14-15,19-20,23,25-27H,7,11,13,16-18H2,1-3H3,(H,36,40)(H,37,42)(H,38,43)(H,39,41)/t23-,25-,26-,27-/m0/s1. The van der Waals surface area contributed by atoms with Gasteiger partial charge < -0.3 is 26.0 Å². The molecule has 12 nitrogen and oxygen atoms in total. The first-order valence-corrected chi connectivity index (χ1v) is 15.2. The lowest BCUT2D eigenvalue weighted by atomic mass is 9.91. The van der Waals surface area contributed by atoms with Crippen LogP contribution in [0.3, 0.4) is 0 Å². The highest BCUT2D eigenvalue weighted by Gasteiger charge is 2.34. The molecule has 2 heterocycles. The van der Waals surface area contributed by atoms with Crippen LogP contribution in [0.4, 0.5) is 0 Å². The molecule has 1 fully saturated rings. The van der Waals surface area contributed by atoms with Crippen molar-refractivity contribution in [3.63, 3.8) is 0 Å². The van der Waals surface area contributed by atoms with E-state index in [0.717, 1.165) is 22.8 Å². The van der Waals surface area contributed by atoms with Crippen LogP contribution in [0.15, 0.2) is 61.1 Å². The van der Waals surface area contributed by atoms with E-state index in [4.69, 9.17) is 4.74 Å². The molecule has 12 heteroatoms. The van der Waals surface area contributed by atoms with Crippen LogP contribution >= 0.6 is 0 Å². The molecule has 0 spiro atoms. The molecular weight excluding hydrogens is 576 g/mol. The summed E-state index contributed by atoms with van der Waals surface area (Å²) in [6.07, 6.45) is 5.94. The number of ether oxygens (including phenoxy) is 1. The van der Waals surface area contributed by atoms with Gasteiger partial charge >= 0.3 is 5.97 Å². The molecule has 1 aromatic heterocycles. The van der Waals surface area contributed by atoms with E-state index in [1.165, 1.54) is 25.7 Å². The van der Waals surface area contributed by atoms with Gasteiger partial charge in [0, 0.05) is 31.3 Å². The Balaban J connectivity index is 1.57. The van der Waals surface area contributed by atoms with Gasteiger partial charge in [-0.1, -0.05) is 56.3 Å². The molecule has 0 aliphatic carbocycles. The first-order valence-electron chi connectivity index (χ1n) is 15.2. The molecule has 0 radical (unpaired) electrons. The molecule has 45 heavy (non-hydrogen) atoms. The normalized spacial score (nSPS) is 16.6. The molecule has 1 aliphatic rings. The minimum atomic E-state index is -1.08. The molecule has 3 aromatic rings. The summed E-state index contributed by atoms with van der Waals surface area (Å²) >= 11 is 0. The van der Waals surface area contributed by atoms with Crippen molar-refractivity contribution < 1.29 is 28.7 Å². The smallest absolute Gasteiger partial charge is 0.328 e. The van der Waals surface area contributed by atoms with Gasteiger partial charge in [-0.2, -0.15) is 0 Å². The average molecular weight is 617 g/mol. The summed E-state index contributed by atoms with van der Waals surface area (Å²) in [7, 11) is 1.22. The van der Waals surface area contributed by atoms with Crippen LogP contribution in [0.1, 0.15) is 55.6 Å². The van der Waals surface area contributed by atoms with Crippen LogP contribution in [0, 0.1) is 11.8 Å². The Kier molecular flexibility index (Phi) is 11.5. The number of esters is 1. The highest BCUT2D eigenvalue weighted by atomic mass is 16.5. The van der Waals surface area contributed by atoms with Crippen molar-refractivity contribution >= 4 is 40.4 Å². The molecule has 0 unspecified atom stereocenters. The molecule has 1 saturated heterocycles. The number of benzene rings is 2. The van der Waals surface area contributed by atoms with Crippen molar-refractivity contribution in [2.45, 2.75) is 64.1 Å². The summed E-state index contributed by atoms with van der Waals surface area (Å²) in [5, 5.41) is 13.0. The maximum atomic E-state index is 13.9. The predicted octanol–water partition coefficient (Wildman–Crippen LogP) is 2.08. The third-order valence-electron chi connectivity index (χ3n) is 7.78. The highest BCUT2D eigenvalue weighted by molar-refractivity contribution is 5.98. The molecule has 4 amide bonds. The molecular formula is C33H40N6O6.